The molecule has 2 fully saturated rings. The second-order valence-corrected chi connectivity index (χ2v) is 6.95. The van der Waals surface area contributed by atoms with Crippen LogP contribution in [-0.2, 0) is 0 Å². The Kier molecular flexibility index (Phi) is 4.45. The Morgan fingerprint density at radius 1 is 1.33 bits per heavy atom. The number of nitrogens with one attached hydrogen (secondary N) is 1. The Morgan fingerprint density at radius 3 is 2.86 bits per heavy atom. The van der Waals surface area contributed by atoms with Crippen molar-refractivity contribution in [3.8, 4) is 0 Å². The maximum Gasteiger partial charge on any atom is 0.257 e. The number of hydrogen-bond acceptors (Lipinski definition) is 4. The summed E-state index contributed by atoms with van der Waals surface area (Å²) in [4.78, 5) is 18.9. The van der Waals surface area contributed by atoms with E-state index in [9.17, 15) is 4.79 Å². The zero-order valence-corrected chi connectivity index (χ0v) is 13.6. The minimum Gasteiger partial charge on any atom is -0.338 e. The van der Waals surface area contributed by atoms with Gasteiger partial charge in [0, 0.05) is 23.8 Å². The maximum atomic E-state index is 12.8. The normalized spacial score (nSPS) is 25.3. The monoisotopic (exact) mass is 352 g/mol. The molecule has 0 bridgehead atoms. The Morgan fingerprint density at radius 2 is 2.10 bits per heavy atom. The van der Waals surface area contributed by atoms with Gasteiger partial charge < -0.3 is 10.3 Å². The summed E-state index contributed by atoms with van der Waals surface area (Å²) in [6, 6.07) is 1.79. The van der Waals surface area contributed by atoms with Crippen LogP contribution in [0.3, 0.4) is 0 Å². The number of rotatable bonds is 2. The minimum absolute atomic E-state index is 0.0285. The summed E-state index contributed by atoms with van der Waals surface area (Å²) in [6.45, 7) is 1.72. The van der Waals surface area contributed by atoms with Gasteiger partial charge in [0.05, 0.1) is 5.56 Å². The number of hydrazine groups is 1. The van der Waals surface area contributed by atoms with E-state index < -0.39 is 0 Å². The molecule has 1 aromatic heterocycles. The summed E-state index contributed by atoms with van der Waals surface area (Å²) in [5, 5.41) is 0. The van der Waals surface area contributed by atoms with Gasteiger partial charge >= 0.3 is 0 Å². The molecule has 1 aliphatic heterocycles. The summed E-state index contributed by atoms with van der Waals surface area (Å²) in [7, 11) is 0. The number of anilines is 1. The van der Waals surface area contributed by atoms with E-state index in [1.165, 1.54) is 25.7 Å². The Labute approximate surface area is 133 Å². The van der Waals surface area contributed by atoms with Crippen molar-refractivity contribution in [2.24, 2.45) is 17.7 Å². The second kappa shape index (κ2) is 6.32. The average Bonchev–Trinajstić information content (AvgIpc) is 2.53. The molecule has 0 spiro atoms. The van der Waals surface area contributed by atoms with Crippen LogP contribution < -0.4 is 11.3 Å². The van der Waals surface area contributed by atoms with Crippen molar-refractivity contribution in [3.63, 3.8) is 0 Å². The van der Waals surface area contributed by atoms with Crippen LogP contribution in [-0.4, -0.2) is 28.9 Å². The van der Waals surface area contributed by atoms with Crippen molar-refractivity contribution in [3.05, 3.63) is 22.3 Å². The van der Waals surface area contributed by atoms with Gasteiger partial charge in [0.2, 0.25) is 0 Å². The van der Waals surface area contributed by atoms with E-state index in [1.54, 1.807) is 12.3 Å². The predicted molar refractivity (Wildman–Crippen MR) is 85.7 cm³/mol. The van der Waals surface area contributed by atoms with Crippen LogP contribution in [0, 0.1) is 11.8 Å². The van der Waals surface area contributed by atoms with Crippen molar-refractivity contribution in [2.45, 2.75) is 32.1 Å². The van der Waals surface area contributed by atoms with Crippen molar-refractivity contribution < 1.29 is 4.79 Å². The molecule has 1 saturated heterocycles. The van der Waals surface area contributed by atoms with E-state index in [1.807, 2.05) is 4.90 Å². The van der Waals surface area contributed by atoms with Crippen molar-refractivity contribution >= 4 is 27.7 Å². The van der Waals surface area contributed by atoms with Gasteiger partial charge in [0.25, 0.3) is 5.91 Å². The highest BCUT2D eigenvalue weighted by molar-refractivity contribution is 9.10. The van der Waals surface area contributed by atoms with Gasteiger partial charge in [0.15, 0.2) is 5.82 Å². The number of hydrogen-bond donors (Lipinski definition) is 2. The van der Waals surface area contributed by atoms with Crippen LogP contribution in [0.5, 0.6) is 0 Å². The van der Waals surface area contributed by atoms with E-state index >= 15 is 0 Å². The number of nitrogens with two attached hydrogens (primary N) is 1. The smallest absolute Gasteiger partial charge is 0.257 e. The van der Waals surface area contributed by atoms with Gasteiger partial charge in [0.1, 0.15) is 0 Å². The SMILES string of the molecule is NNc1ncc(Br)cc1C(=O)N1CCC2CCCCC2C1. The molecule has 5 nitrogen and oxygen atoms in total. The van der Waals surface area contributed by atoms with E-state index in [-0.39, 0.29) is 5.91 Å². The summed E-state index contributed by atoms with van der Waals surface area (Å²) >= 11 is 3.37. The molecule has 3 rings (SSSR count). The van der Waals surface area contributed by atoms with Crippen LogP contribution in [0.1, 0.15) is 42.5 Å². The van der Waals surface area contributed by atoms with Crippen LogP contribution in [0.25, 0.3) is 0 Å². The Hall–Kier alpha value is -1.14. The second-order valence-electron chi connectivity index (χ2n) is 6.04. The number of nitrogen functional groups attached to an aromatic ring is 1. The molecule has 1 aromatic rings. The van der Waals surface area contributed by atoms with Crippen LogP contribution in [0.15, 0.2) is 16.7 Å². The summed E-state index contributed by atoms with van der Waals surface area (Å²) in [5.74, 6) is 7.43. The third-order valence-electron chi connectivity index (χ3n) is 4.80. The number of carbonyl (C=O) groups excluding carboxylic acids is 1. The third-order valence-corrected chi connectivity index (χ3v) is 5.23. The van der Waals surface area contributed by atoms with Crippen LogP contribution >= 0.6 is 15.9 Å². The predicted octanol–water partition coefficient (Wildman–Crippen LogP) is 2.78. The first-order chi connectivity index (χ1) is 10.2. The first kappa shape index (κ1) is 14.8. The number of pyridine rings is 1. The molecular formula is C15H21BrN4O. The number of aromatic nitrogens is 1. The molecule has 2 atom stereocenters. The molecule has 1 aliphatic carbocycles. The highest BCUT2D eigenvalue weighted by Gasteiger charge is 2.33. The summed E-state index contributed by atoms with van der Waals surface area (Å²) < 4.78 is 0.789. The number of likely N-dealkylation sites (tertiary alicyclic amines) is 1. The zero-order chi connectivity index (χ0) is 14.8. The van der Waals surface area contributed by atoms with Gasteiger partial charge in [-0.05, 0) is 46.7 Å². The van der Waals surface area contributed by atoms with Gasteiger partial charge in [-0.3, -0.25) is 4.79 Å². The fraction of sp³-hybridized carbons (Fsp3) is 0.600. The lowest BCUT2D eigenvalue weighted by Crippen LogP contribution is -2.45. The molecule has 114 valence electrons. The lowest BCUT2D eigenvalue weighted by Gasteiger charge is -2.41. The lowest BCUT2D eigenvalue weighted by atomic mass is 9.75. The third kappa shape index (κ3) is 3.06. The summed E-state index contributed by atoms with van der Waals surface area (Å²) in [5.41, 5.74) is 3.06. The van der Waals surface area contributed by atoms with Crippen molar-refractivity contribution in [1.82, 2.24) is 9.88 Å². The molecule has 0 aromatic carbocycles. The fourth-order valence-electron chi connectivity index (χ4n) is 3.67. The maximum absolute atomic E-state index is 12.8. The number of piperidine rings is 1. The van der Waals surface area contributed by atoms with E-state index in [0.29, 0.717) is 17.3 Å². The van der Waals surface area contributed by atoms with Gasteiger partial charge in [-0.15, -0.1) is 0 Å². The number of nitrogens with zero attached hydrogens (tertiary/aromatic N) is 2. The van der Waals surface area contributed by atoms with Crippen LogP contribution in [0.2, 0.25) is 0 Å². The van der Waals surface area contributed by atoms with E-state index in [0.717, 1.165) is 29.9 Å². The average molecular weight is 353 g/mol. The molecule has 0 radical (unpaired) electrons. The first-order valence-corrected chi connectivity index (χ1v) is 8.39. The number of fused-ring (bicyclic) bond motifs is 1. The highest BCUT2D eigenvalue weighted by Crippen LogP contribution is 2.36. The minimum atomic E-state index is 0.0285. The Balaban J connectivity index is 1.77. The molecule has 21 heavy (non-hydrogen) atoms. The first-order valence-electron chi connectivity index (χ1n) is 7.60. The lowest BCUT2D eigenvalue weighted by molar-refractivity contribution is 0.0521. The quantitative estimate of drug-likeness (QED) is 0.634. The largest absolute Gasteiger partial charge is 0.338 e. The molecule has 2 aliphatic rings. The topological polar surface area (TPSA) is 71.2 Å². The number of amides is 1. The van der Waals surface area contributed by atoms with Crippen LogP contribution in [0.4, 0.5) is 5.82 Å². The zero-order valence-electron chi connectivity index (χ0n) is 12.0. The van der Waals surface area contributed by atoms with Crippen molar-refractivity contribution in [2.75, 3.05) is 18.5 Å². The van der Waals surface area contributed by atoms with Gasteiger partial charge in [-0.2, -0.15) is 0 Å². The molecule has 2 unspecified atom stereocenters. The van der Waals surface area contributed by atoms with Gasteiger partial charge in [-0.1, -0.05) is 19.3 Å². The number of halogens is 1. The standard InChI is InChI=1S/C15H21BrN4O/c16-12-7-13(14(19-17)18-8-12)15(21)20-6-5-10-3-1-2-4-11(10)9-20/h7-8,10-11H,1-6,9,17H2,(H,18,19). The van der Waals surface area contributed by atoms with E-state index in [4.69, 9.17) is 5.84 Å². The molecule has 2 heterocycles. The highest BCUT2D eigenvalue weighted by atomic mass is 79.9. The van der Waals surface area contributed by atoms with E-state index in [2.05, 4.69) is 26.3 Å². The number of carbonyl (C=O) groups is 1. The van der Waals surface area contributed by atoms with Crippen molar-refractivity contribution in [1.29, 1.82) is 0 Å². The summed E-state index contributed by atoms with van der Waals surface area (Å²) in [6.07, 6.45) is 8.01. The van der Waals surface area contributed by atoms with Gasteiger partial charge in [-0.25, -0.2) is 10.8 Å². The fourth-order valence-corrected chi connectivity index (χ4v) is 4.00. The molecule has 1 saturated carbocycles. The molecule has 6 heteroatoms. The molecular weight excluding hydrogens is 332 g/mol. The Bertz CT molecular complexity index is 536. The molecule has 1 amide bonds. The molecule has 3 N–H and O–H groups in total.